The molecule has 116 valence electrons. The summed E-state index contributed by atoms with van der Waals surface area (Å²) in [5, 5.41) is 11.8. The first-order valence-corrected chi connectivity index (χ1v) is 8.22. The zero-order chi connectivity index (χ0) is 16.5. The predicted octanol–water partition coefficient (Wildman–Crippen LogP) is 3.93. The fraction of sp³-hybridized carbons (Fsp3) is 0.438. The smallest absolute Gasteiger partial charge is 0.316 e. The highest BCUT2D eigenvalue weighted by molar-refractivity contribution is 7.84. The maximum atomic E-state index is 12.6. The number of rotatable bonds is 2. The highest BCUT2D eigenvalue weighted by Gasteiger charge is 2.41. The number of aliphatic imine (C=N–C) groups is 1. The van der Waals surface area contributed by atoms with Crippen molar-refractivity contribution in [3.05, 3.63) is 33.0 Å². The Morgan fingerprint density at radius 1 is 1.50 bits per heavy atom. The van der Waals surface area contributed by atoms with Crippen LogP contribution >= 0.6 is 24.0 Å². The number of hydrogen-bond donors (Lipinski definition) is 1. The van der Waals surface area contributed by atoms with Crippen molar-refractivity contribution in [2.24, 2.45) is 10.9 Å². The van der Waals surface area contributed by atoms with E-state index in [4.69, 9.17) is 4.74 Å². The number of hydrogen-bond acceptors (Lipinski definition) is 6. The van der Waals surface area contributed by atoms with Crippen molar-refractivity contribution in [2.45, 2.75) is 39.2 Å². The summed E-state index contributed by atoms with van der Waals surface area (Å²) in [5.74, 6) is -1.34. The summed E-state index contributed by atoms with van der Waals surface area (Å²) in [6.45, 7) is 7.25. The van der Waals surface area contributed by atoms with E-state index in [0.29, 0.717) is 16.3 Å². The molecule has 1 aromatic rings. The largest absolute Gasteiger partial charge is 0.459 e. The summed E-state index contributed by atoms with van der Waals surface area (Å²) in [7, 11) is 0. The molecule has 0 spiro atoms. The van der Waals surface area contributed by atoms with Crippen LogP contribution in [0, 0.1) is 17.2 Å². The van der Waals surface area contributed by atoms with E-state index >= 15 is 0 Å². The van der Waals surface area contributed by atoms with E-state index in [1.165, 1.54) is 11.3 Å². The van der Waals surface area contributed by atoms with Crippen molar-refractivity contribution in [3.8, 4) is 6.07 Å². The Labute approximate surface area is 139 Å². The lowest BCUT2D eigenvalue weighted by Crippen LogP contribution is -2.37. The van der Waals surface area contributed by atoms with Gasteiger partial charge in [0.2, 0.25) is 0 Å². The maximum absolute atomic E-state index is 12.6. The SMILES string of the molecule is CC1=NC(S)=C(C#N)[C@H](c2cccs2)C1C(=O)OC(C)(C)C. The van der Waals surface area contributed by atoms with Crippen LogP contribution in [0.2, 0.25) is 0 Å². The Kier molecular flexibility index (Phi) is 4.78. The summed E-state index contributed by atoms with van der Waals surface area (Å²) in [4.78, 5) is 17.9. The van der Waals surface area contributed by atoms with Crippen LogP contribution in [-0.2, 0) is 9.53 Å². The fourth-order valence-corrected chi connectivity index (χ4v) is 3.63. The van der Waals surface area contributed by atoms with E-state index < -0.39 is 11.5 Å². The van der Waals surface area contributed by atoms with Gasteiger partial charge in [-0.3, -0.25) is 4.79 Å². The fourth-order valence-electron chi connectivity index (χ4n) is 2.41. The molecule has 0 radical (unpaired) electrons. The van der Waals surface area contributed by atoms with Crippen molar-refractivity contribution < 1.29 is 9.53 Å². The summed E-state index contributed by atoms with van der Waals surface area (Å²) >= 11 is 5.81. The molecule has 1 unspecified atom stereocenters. The molecule has 1 aliphatic rings. The van der Waals surface area contributed by atoms with Gasteiger partial charge in [0.15, 0.2) is 0 Å². The van der Waals surface area contributed by atoms with Gasteiger partial charge in [0.25, 0.3) is 0 Å². The lowest BCUT2D eigenvalue weighted by atomic mass is 9.80. The van der Waals surface area contributed by atoms with E-state index in [2.05, 4.69) is 23.7 Å². The van der Waals surface area contributed by atoms with Crippen molar-refractivity contribution >= 4 is 35.6 Å². The van der Waals surface area contributed by atoms with Gasteiger partial charge in [0, 0.05) is 16.5 Å². The minimum atomic E-state index is -0.594. The average Bonchev–Trinajstić information content (AvgIpc) is 2.88. The summed E-state index contributed by atoms with van der Waals surface area (Å²) < 4.78 is 5.53. The van der Waals surface area contributed by atoms with Gasteiger partial charge in [0.05, 0.1) is 11.6 Å². The third-order valence-corrected chi connectivity index (χ3v) is 4.54. The van der Waals surface area contributed by atoms with Gasteiger partial charge in [-0.2, -0.15) is 5.26 Å². The normalized spacial score (nSPS) is 22.1. The molecule has 2 rings (SSSR count). The van der Waals surface area contributed by atoms with Crippen LogP contribution in [0.4, 0.5) is 0 Å². The second-order valence-electron chi connectivity index (χ2n) is 6.11. The van der Waals surface area contributed by atoms with E-state index in [1.54, 1.807) is 6.92 Å². The first kappa shape index (κ1) is 16.8. The van der Waals surface area contributed by atoms with Crippen LogP contribution in [-0.4, -0.2) is 17.3 Å². The van der Waals surface area contributed by atoms with Crippen LogP contribution in [0.15, 0.2) is 33.1 Å². The van der Waals surface area contributed by atoms with Crippen LogP contribution in [0.5, 0.6) is 0 Å². The predicted molar refractivity (Wildman–Crippen MR) is 91.1 cm³/mol. The van der Waals surface area contributed by atoms with Gasteiger partial charge >= 0.3 is 5.97 Å². The van der Waals surface area contributed by atoms with Gasteiger partial charge < -0.3 is 4.74 Å². The third-order valence-electron chi connectivity index (χ3n) is 3.25. The van der Waals surface area contributed by atoms with Gasteiger partial charge in [-0.25, -0.2) is 4.99 Å². The zero-order valence-electron chi connectivity index (χ0n) is 13.0. The molecule has 0 saturated heterocycles. The standard InChI is InChI=1S/C16H18N2O2S2/c1-9-12(15(19)20-16(2,3)4)13(11-6-5-7-22-11)10(8-17)14(21)18-9/h5-7,12-13,21H,1-4H3/t12?,13-/m1/s1. The molecular weight excluding hydrogens is 316 g/mol. The summed E-state index contributed by atoms with van der Waals surface area (Å²) in [6.07, 6.45) is 0. The Morgan fingerprint density at radius 3 is 2.68 bits per heavy atom. The van der Waals surface area contributed by atoms with Crippen molar-refractivity contribution in [2.75, 3.05) is 0 Å². The highest BCUT2D eigenvalue weighted by atomic mass is 32.1. The highest BCUT2D eigenvalue weighted by Crippen LogP contribution is 2.42. The molecule has 0 bridgehead atoms. The molecule has 0 saturated carbocycles. The number of nitriles is 1. The number of thiophene rings is 1. The summed E-state index contributed by atoms with van der Waals surface area (Å²) in [5.41, 5.74) is 0.443. The Morgan fingerprint density at radius 2 is 2.18 bits per heavy atom. The average molecular weight is 334 g/mol. The number of carbonyl (C=O) groups excluding carboxylic acids is 1. The van der Waals surface area contributed by atoms with E-state index in [1.807, 2.05) is 38.3 Å². The lowest BCUT2D eigenvalue weighted by Gasteiger charge is -2.31. The number of ether oxygens (including phenoxy) is 1. The van der Waals surface area contributed by atoms with Crippen molar-refractivity contribution in [1.29, 1.82) is 5.26 Å². The quantitative estimate of drug-likeness (QED) is 0.658. The van der Waals surface area contributed by atoms with Gasteiger partial charge in [-0.05, 0) is 39.1 Å². The molecule has 0 amide bonds. The lowest BCUT2D eigenvalue weighted by molar-refractivity contribution is -0.157. The molecule has 4 nitrogen and oxygen atoms in total. The molecule has 0 aromatic carbocycles. The van der Waals surface area contributed by atoms with Gasteiger partial charge in [0.1, 0.15) is 16.5 Å². The number of carbonyl (C=O) groups is 1. The third kappa shape index (κ3) is 3.42. The Bertz CT molecular complexity index is 676. The Hall–Kier alpha value is -1.58. The monoisotopic (exact) mass is 334 g/mol. The van der Waals surface area contributed by atoms with Gasteiger partial charge in [-0.15, -0.1) is 24.0 Å². The van der Waals surface area contributed by atoms with Crippen LogP contribution in [0.1, 0.15) is 38.5 Å². The molecule has 1 aromatic heterocycles. The first-order valence-electron chi connectivity index (χ1n) is 6.89. The molecule has 0 N–H and O–H groups in total. The van der Waals surface area contributed by atoms with E-state index in [-0.39, 0.29) is 11.9 Å². The zero-order valence-corrected chi connectivity index (χ0v) is 14.7. The minimum absolute atomic E-state index is 0.360. The first-order chi connectivity index (χ1) is 10.2. The van der Waals surface area contributed by atoms with Crippen LogP contribution in [0.3, 0.4) is 0 Å². The van der Waals surface area contributed by atoms with Crippen LogP contribution in [0.25, 0.3) is 0 Å². The molecule has 0 aliphatic carbocycles. The molecule has 2 heterocycles. The second kappa shape index (κ2) is 6.27. The van der Waals surface area contributed by atoms with Crippen molar-refractivity contribution in [1.82, 2.24) is 0 Å². The van der Waals surface area contributed by atoms with Crippen molar-refractivity contribution in [3.63, 3.8) is 0 Å². The number of esters is 1. The second-order valence-corrected chi connectivity index (χ2v) is 7.51. The molecule has 0 fully saturated rings. The molecular formula is C16H18N2O2S2. The van der Waals surface area contributed by atoms with E-state index in [9.17, 15) is 10.1 Å². The number of nitrogens with zero attached hydrogens (tertiary/aromatic N) is 2. The molecule has 22 heavy (non-hydrogen) atoms. The van der Waals surface area contributed by atoms with Crippen LogP contribution < -0.4 is 0 Å². The minimum Gasteiger partial charge on any atom is -0.459 e. The van der Waals surface area contributed by atoms with E-state index in [0.717, 1.165) is 4.88 Å². The molecule has 2 atom stereocenters. The van der Waals surface area contributed by atoms with Gasteiger partial charge in [-0.1, -0.05) is 6.07 Å². The Balaban J connectivity index is 2.49. The topological polar surface area (TPSA) is 62.5 Å². The number of allylic oxidation sites excluding steroid dienone is 1. The number of thiol groups is 1. The molecule has 1 aliphatic heterocycles. The molecule has 6 heteroatoms. The summed E-state index contributed by atoms with van der Waals surface area (Å²) in [6, 6.07) is 5.98. The maximum Gasteiger partial charge on any atom is 0.316 e.